The molecule has 0 amide bonds. The van der Waals surface area contributed by atoms with Crippen molar-refractivity contribution in [1.82, 2.24) is 24.8 Å². The molecule has 0 bridgehead atoms. The molecule has 0 atom stereocenters. The summed E-state index contributed by atoms with van der Waals surface area (Å²) in [5.74, 6) is 0.779. The highest BCUT2D eigenvalue weighted by atomic mass is 15.4. The summed E-state index contributed by atoms with van der Waals surface area (Å²) in [6.07, 6.45) is 5.15. The molecule has 1 N–H and O–H groups in total. The van der Waals surface area contributed by atoms with Gasteiger partial charge in [0.15, 0.2) is 5.65 Å². The number of anilines is 1. The molecular weight excluding hydrogens is 216 g/mol. The Labute approximate surface area is 97.3 Å². The van der Waals surface area contributed by atoms with Crippen LogP contribution in [0.3, 0.4) is 0 Å². The SMILES string of the molecule is c1cncc(CNc2ccc3nncn3n2)c1. The van der Waals surface area contributed by atoms with Crippen LogP contribution in [0.15, 0.2) is 43.0 Å². The first-order chi connectivity index (χ1) is 8.42. The second-order valence-corrected chi connectivity index (χ2v) is 3.57. The topological polar surface area (TPSA) is 68.0 Å². The van der Waals surface area contributed by atoms with Crippen molar-refractivity contribution in [3.63, 3.8) is 0 Å². The third-order valence-corrected chi connectivity index (χ3v) is 2.36. The first-order valence-corrected chi connectivity index (χ1v) is 5.22. The van der Waals surface area contributed by atoms with Crippen LogP contribution in [0.1, 0.15) is 5.56 Å². The van der Waals surface area contributed by atoms with E-state index in [0.717, 1.165) is 17.0 Å². The zero-order valence-corrected chi connectivity index (χ0v) is 8.98. The molecule has 3 aromatic rings. The maximum atomic E-state index is 4.31. The third kappa shape index (κ3) is 2.05. The largest absolute Gasteiger partial charge is 0.364 e. The average molecular weight is 226 g/mol. The fourth-order valence-electron chi connectivity index (χ4n) is 1.52. The van der Waals surface area contributed by atoms with Crippen LogP contribution in [0.5, 0.6) is 0 Å². The standard InChI is InChI=1S/C11H10N6/c1-2-9(6-12-5-1)7-13-10-3-4-11-15-14-8-17(11)16-10/h1-6,8H,7H2,(H,13,16). The van der Waals surface area contributed by atoms with Crippen molar-refractivity contribution in [3.05, 3.63) is 48.5 Å². The van der Waals surface area contributed by atoms with Crippen molar-refractivity contribution in [3.8, 4) is 0 Å². The van der Waals surface area contributed by atoms with E-state index >= 15 is 0 Å². The molecular formula is C11H10N6. The fourth-order valence-corrected chi connectivity index (χ4v) is 1.52. The van der Waals surface area contributed by atoms with Gasteiger partial charge >= 0.3 is 0 Å². The lowest BCUT2D eigenvalue weighted by molar-refractivity contribution is 0.916. The van der Waals surface area contributed by atoms with Crippen LogP contribution < -0.4 is 5.32 Å². The lowest BCUT2D eigenvalue weighted by Gasteiger charge is -2.04. The molecule has 6 nitrogen and oxygen atoms in total. The maximum Gasteiger partial charge on any atom is 0.177 e. The lowest BCUT2D eigenvalue weighted by atomic mass is 10.3. The minimum atomic E-state index is 0.689. The highest BCUT2D eigenvalue weighted by Crippen LogP contribution is 2.06. The van der Waals surface area contributed by atoms with Gasteiger partial charge in [0.1, 0.15) is 12.1 Å². The van der Waals surface area contributed by atoms with Gasteiger partial charge in [0.25, 0.3) is 0 Å². The van der Waals surface area contributed by atoms with Crippen molar-refractivity contribution >= 4 is 11.5 Å². The quantitative estimate of drug-likeness (QED) is 0.725. The highest BCUT2D eigenvalue weighted by molar-refractivity contribution is 5.43. The van der Waals surface area contributed by atoms with Crippen molar-refractivity contribution in [1.29, 1.82) is 0 Å². The number of fused-ring (bicyclic) bond motifs is 1. The Bertz CT molecular complexity index is 618. The highest BCUT2D eigenvalue weighted by Gasteiger charge is 1.99. The zero-order chi connectivity index (χ0) is 11.5. The molecule has 0 saturated heterocycles. The fraction of sp³-hybridized carbons (Fsp3) is 0.0909. The van der Waals surface area contributed by atoms with Crippen LogP contribution in [0, 0.1) is 0 Å². The van der Waals surface area contributed by atoms with E-state index in [4.69, 9.17) is 0 Å². The molecule has 3 rings (SSSR count). The summed E-state index contributed by atoms with van der Waals surface area (Å²) in [5, 5.41) is 15.2. The summed E-state index contributed by atoms with van der Waals surface area (Å²) in [6.45, 7) is 0.689. The smallest absolute Gasteiger partial charge is 0.177 e. The predicted octanol–water partition coefficient (Wildman–Crippen LogP) is 1.13. The number of hydrogen-bond donors (Lipinski definition) is 1. The van der Waals surface area contributed by atoms with Gasteiger partial charge in [0.2, 0.25) is 0 Å². The van der Waals surface area contributed by atoms with E-state index in [9.17, 15) is 0 Å². The molecule has 0 fully saturated rings. The molecule has 3 heterocycles. The molecule has 6 heteroatoms. The predicted molar refractivity (Wildman–Crippen MR) is 62.3 cm³/mol. The lowest BCUT2D eigenvalue weighted by Crippen LogP contribution is -2.03. The number of nitrogens with one attached hydrogen (secondary N) is 1. The van der Waals surface area contributed by atoms with Crippen LogP contribution in [-0.2, 0) is 6.54 Å². The van der Waals surface area contributed by atoms with Gasteiger partial charge in [-0.05, 0) is 23.8 Å². The molecule has 0 aliphatic heterocycles. The van der Waals surface area contributed by atoms with Gasteiger partial charge in [-0.3, -0.25) is 4.98 Å². The number of hydrogen-bond acceptors (Lipinski definition) is 5. The van der Waals surface area contributed by atoms with Gasteiger partial charge in [-0.1, -0.05) is 6.07 Å². The molecule has 17 heavy (non-hydrogen) atoms. The third-order valence-electron chi connectivity index (χ3n) is 2.36. The van der Waals surface area contributed by atoms with Crippen LogP contribution in [0.4, 0.5) is 5.82 Å². The molecule has 0 radical (unpaired) electrons. The van der Waals surface area contributed by atoms with Gasteiger partial charge in [0, 0.05) is 18.9 Å². The number of rotatable bonds is 3. The van der Waals surface area contributed by atoms with Crippen LogP contribution in [0.2, 0.25) is 0 Å². The van der Waals surface area contributed by atoms with Crippen molar-refractivity contribution in [2.45, 2.75) is 6.54 Å². The minimum absolute atomic E-state index is 0.689. The van der Waals surface area contributed by atoms with E-state index in [1.807, 2.05) is 30.5 Å². The van der Waals surface area contributed by atoms with Crippen LogP contribution >= 0.6 is 0 Å². The first-order valence-electron chi connectivity index (χ1n) is 5.22. The Morgan fingerprint density at radius 2 is 2.24 bits per heavy atom. The Kier molecular flexibility index (Phi) is 2.38. The first kappa shape index (κ1) is 9.71. The molecule has 0 aliphatic rings. The minimum Gasteiger partial charge on any atom is -0.364 e. The Morgan fingerprint density at radius 1 is 1.24 bits per heavy atom. The monoisotopic (exact) mass is 226 g/mol. The van der Waals surface area contributed by atoms with Crippen molar-refractivity contribution in [2.24, 2.45) is 0 Å². The van der Waals surface area contributed by atoms with Gasteiger partial charge in [-0.15, -0.1) is 15.3 Å². The zero-order valence-electron chi connectivity index (χ0n) is 8.98. The van der Waals surface area contributed by atoms with E-state index in [0.29, 0.717) is 6.54 Å². The van der Waals surface area contributed by atoms with Crippen LogP contribution in [-0.4, -0.2) is 24.8 Å². The van der Waals surface area contributed by atoms with Gasteiger partial charge in [-0.2, -0.15) is 4.52 Å². The van der Waals surface area contributed by atoms with Crippen molar-refractivity contribution in [2.75, 3.05) is 5.32 Å². The van der Waals surface area contributed by atoms with E-state index in [1.165, 1.54) is 0 Å². The van der Waals surface area contributed by atoms with Gasteiger partial charge in [0.05, 0.1) is 0 Å². The molecule has 0 aromatic carbocycles. The van der Waals surface area contributed by atoms with E-state index in [2.05, 4.69) is 25.6 Å². The Hall–Kier alpha value is -2.50. The molecule has 84 valence electrons. The van der Waals surface area contributed by atoms with Gasteiger partial charge < -0.3 is 5.32 Å². The molecule has 0 unspecified atom stereocenters. The summed E-state index contributed by atoms with van der Waals surface area (Å²) in [5.41, 5.74) is 1.84. The summed E-state index contributed by atoms with van der Waals surface area (Å²) in [6, 6.07) is 7.66. The molecule has 0 aliphatic carbocycles. The number of nitrogens with zero attached hydrogens (tertiary/aromatic N) is 5. The summed E-state index contributed by atoms with van der Waals surface area (Å²) >= 11 is 0. The van der Waals surface area contributed by atoms with Gasteiger partial charge in [-0.25, -0.2) is 0 Å². The Balaban J connectivity index is 1.76. The maximum absolute atomic E-state index is 4.31. The van der Waals surface area contributed by atoms with E-state index in [1.54, 1.807) is 17.0 Å². The summed E-state index contributed by atoms with van der Waals surface area (Å²) in [4.78, 5) is 4.05. The molecule has 0 spiro atoms. The van der Waals surface area contributed by atoms with Crippen molar-refractivity contribution < 1.29 is 0 Å². The normalized spacial score (nSPS) is 10.6. The number of aromatic nitrogens is 5. The Morgan fingerprint density at radius 3 is 3.12 bits per heavy atom. The van der Waals surface area contributed by atoms with Crippen LogP contribution in [0.25, 0.3) is 5.65 Å². The second-order valence-electron chi connectivity index (χ2n) is 3.57. The molecule has 0 saturated carbocycles. The van der Waals surface area contributed by atoms with E-state index in [-0.39, 0.29) is 0 Å². The summed E-state index contributed by atoms with van der Waals surface area (Å²) < 4.78 is 1.63. The summed E-state index contributed by atoms with van der Waals surface area (Å²) in [7, 11) is 0. The number of pyridine rings is 1. The van der Waals surface area contributed by atoms with E-state index < -0.39 is 0 Å². The average Bonchev–Trinajstić information content (AvgIpc) is 2.85. The molecule has 3 aromatic heterocycles. The second kappa shape index (κ2) is 4.17.